The van der Waals surface area contributed by atoms with Crippen LogP contribution in [0.15, 0.2) is 37.5 Å². The lowest BCUT2D eigenvalue weighted by Gasteiger charge is -2.27. The first-order chi connectivity index (χ1) is 6.06. The number of allylic oxidation sites excluding steroid dienone is 3. The van der Waals surface area contributed by atoms with E-state index in [0.29, 0.717) is 0 Å². The van der Waals surface area contributed by atoms with Crippen molar-refractivity contribution in [1.82, 2.24) is 0 Å². The lowest BCUT2D eigenvalue weighted by molar-refractivity contribution is 0.411. The molecule has 0 rings (SSSR count). The third kappa shape index (κ3) is 5.46. The summed E-state index contributed by atoms with van der Waals surface area (Å²) in [6.07, 6.45) is 5.85. The first kappa shape index (κ1) is 14.7. The Morgan fingerprint density at radius 1 is 1.15 bits per heavy atom. The molecule has 13 heavy (non-hydrogen) atoms. The average molecular weight is 180 g/mol. The van der Waals surface area contributed by atoms with E-state index in [1.54, 1.807) is 0 Å². The van der Waals surface area contributed by atoms with E-state index in [4.69, 9.17) is 0 Å². The minimum absolute atomic E-state index is 0.170. The third-order valence-electron chi connectivity index (χ3n) is 2.22. The number of hydrogen-bond donors (Lipinski definition) is 0. The molecule has 0 amide bonds. The van der Waals surface area contributed by atoms with E-state index in [0.717, 1.165) is 12.8 Å². The SMILES string of the molecule is C=CCC(C)(CC=C)C(=C)C.CC. The molecule has 0 aromatic heterocycles. The van der Waals surface area contributed by atoms with Gasteiger partial charge in [-0.05, 0) is 25.2 Å². The summed E-state index contributed by atoms with van der Waals surface area (Å²) in [5.74, 6) is 0. The van der Waals surface area contributed by atoms with E-state index >= 15 is 0 Å². The molecular formula is C13H24. The van der Waals surface area contributed by atoms with E-state index in [2.05, 4.69) is 33.6 Å². The molecule has 0 spiro atoms. The van der Waals surface area contributed by atoms with E-state index in [1.165, 1.54) is 5.57 Å². The lowest BCUT2D eigenvalue weighted by Crippen LogP contribution is -2.15. The van der Waals surface area contributed by atoms with Crippen molar-refractivity contribution in [3.8, 4) is 0 Å². The summed E-state index contributed by atoms with van der Waals surface area (Å²) in [5, 5.41) is 0. The van der Waals surface area contributed by atoms with Gasteiger partial charge in [0.05, 0.1) is 0 Å². The van der Waals surface area contributed by atoms with Gasteiger partial charge in [0.25, 0.3) is 0 Å². The van der Waals surface area contributed by atoms with Gasteiger partial charge in [-0.3, -0.25) is 0 Å². The summed E-state index contributed by atoms with van der Waals surface area (Å²) >= 11 is 0. The van der Waals surface area contributed by atoms with Gasteiger partial charge in [0.1, 0.15) is 0 Å². The van der Waals surface area contributed by atoms with Gasteiger partial charge in [-0.15, -0.1) is 13.2 Å². The Labute approximate surface area is 84.1 Å². The van der Waals surface area contributed by atoms with Gasteiger partial charge in [0.2, 0.25) is 0 Å². The molecule has 76 valence electrons. The molecule has 0 aliphatic carbocycles. The smallest absolute Gasteiger partial charge is 0.00531 e. The van der Waals surface area contributed by atoms with Crippen LogP contribution in [0.1, 0.15) is 40.5 Å². The maximum atomic E-state index is 3.97. The zero-order valence-electron chi connectivity index (χ0n) is 9.69. The second kappa shape index (κ2) is 7.85. The zero-order valence-corrected chi connectivity index (χ0v) is 9.69. The molecule has 0 atom stereocenters. The van der Waals surface area contributed by atoms with Crippen LogP contribution in [0.3, 0.4) is 0 Å². The fourth-order valence-corrected chi connectivity index (χ4v) is 1.07. The standard InChI is InChI=1S/C11H18.C2H6/c1-6-8-11(5,9-7-2)10(3)4;1-2/h6-7H,1-3,8-9H2,4-5H3;1-2H3. The minimum Gasteiger partial charge on any atom is -0.103 e. The fourth-order valence-electron chi connectivity index (χ4n) is 1.07. The Morgan fingerprint density at radius 2 is 1.46 bits per heavy atom. The van der Waals surface area contributed by atoms with E-state index in [9.17, 15) is 0 Å². The Balaban J connectivity index is 0. The van der Waals surface area contributed by atoms with Crippen LogP contribution in [0, 0.1) is 5.41 Å². The van der Waals surface area contributed by atoms with Crippen molar-refractivity contribution < 1.29 is 0 Å². The van der Waals surface area contributed by atoms with Gasteiger partial charge in [-0.25, -0.2) is 0 Å². The molecule has 0 aliphatic rings. The fraction of sp³-hybridized carbons (Fsp3) is 0.538. The number of rotatable bonds is 5. The van der Waals surface area contributed by atoms with Crippen LogP contribution in [0.25, 0.3) is 0 Å². The molecular weight excluding hydrogens is 156 g/mol. The highest BCUT2D eigenvalue weighted by molar-refractivity contribution is 5.09. The van der Waals surface area contributed by atoms with Crippen LogP contribution in [0.5, 0.6) is 0 Å². The Kier molecular flexibility index (Phi) is 8.89. The average Bonchev–Trinajstić information content (AvgIpc) is 2.08. The molecule has 0 aromatic rings. The molecule has 0 unspecified atom stereocenters. The predicted octanol–water partition coefficient (Wildman–Crippen LogP) is 4.75. The summed E-state index contributed by atoms with van der Waals surface area (Å²) in [7, 11) is 0. The molecule has 0 fully saturated rings. The minimum atomic E-state index is 0.170. The van der Waals surface area contributed by atoms with Gasteiger partial charge in [-0.1, -0.05) is 45.1 Å². The summed E-state index contributed by atoms with van der Waals surface area (Å²) in [6, 6.07) is 0. The van der Waals surface area contributed by atoms with E-state index in [1.807, 2.05) is 26.0 Å². The van der Waals surface area contributed by atoms with Crippen molar-refractivity contribution in [1.29, 1.82) is 0 Å². The van der Waals surface area contributed by atoms with Crippen molar-refractivity contribution in [3.63, 3.8) is 0 Å². The highest BCUT2D eigenvalue weighted by atomic mass is 14.3. The maximum Gasteiger partial charge on any atom is -0.00531 e. The largest absolute Gasteiger partial charge is 0.103 e. The topological polar surface area (TPSA) is 0 Å². The summed E-state index contributed by atoms with van der Waals surface area (Å²) in [4.78, 5) is 0. The van der Waals surface area contributed by atoms with Crippen LogP contribution in [-0.2, 0) is 0 Å². The van der Waals surface area contributed by atoms with Crippen LogP contribution < -0.4 is 0 Å². The van der Waals surface area contributed by atoms with Crippen molar-refractivity contribution in [3.05, 3.63) is 37.5 Å². The predicted molar refractivity (Wildman–Crippen MR) is 63.9 cm³/mol. The van der Waals surface area contributed by atoms with Crippen molar-refractivity contribution in [2.75, 3.05) is 0 Å². The van der Waals surface area contributed by atoms with Crippen LogP contribution >= 0.6 is 0 Å². The normalized spacial score (nSPS) is 9.54. The first-order valence-electron chi connectivity index (χ1n) is 4.94. The molecule has 0 saturated heterocycles. The lowest BCUT2D eigenvalue weighted by atomic mass is 9.78. The quantitative estimate of drug-likeness (QED) is 0.536. The van der Waals surface area contributed by atoms with Gasteiger partial charge in [0, 0.05) is 0 Å². The van der Waals surface area contributed by atoms with E-state index < -0.39 is 0 Å². The molecule has 0 aromatic carbocycles. The highest BCUT2D eigenvalue weighted by Crippen LogP contribution is 2.33. The molecule has 0 heterocycles. The van der Waals surface area contributed by atoms with Crippen molar-refractivity contribution >= 4 is 0 Å². The van der Waals surface area contributed by atoms with Crippen molar-refractivity contribution in [2.24, 2.45) is 5.41 Å². The molecule has 0 aliphatic heterocycles. The van der Waals surface area contributed by atoms with Crippen LogP contribution in [0.4, 0.5) is 0 Å². The Bertz CT molecular complexity index is 153. The maximum absolute atomic E-state index is 3.97. The Morgan fingerprint density at radius 3 is 1.62 bits per heavy atom. The van der Waals surface area contributed by atoms with Gasteiger partial charge >= 0.3 is 0 Å². The Hall–Kier alpha value is -0.780. The monoisotopic (exact) mass is 180 g/mol. The molecule has 0 bridgehead atoms. The third-order valence-corrected chi connectivity index (χ3v) is 2.22. The molecule has 0 N–H and O–H groups in total. The molecule has 0 radical (unpaired) electrons. The highest BCUT2D eigenvalue weighted by Gasteiger charge is 2.21. The van der Waals surface area contributed by atoms with Crippen LogP contribution in [0.2, 0.25) is 0 Å². The molecule has 0 saturated carbocycles. The zero-order chi connectivity index (χ0) is 10.9. The van der Waals surface area contributed by atoms with Crippen molar-refractivity contribution in [2.45, 2.75) is 40.5 Å². The summed E-state index contributed by atoms with van der Waals surface area (Å²) < 4.78 is 0. The molecule has 0 nitrogen and oxygen atoms in total. The van der Waals surface area contributed by atoms with Crippen LogP contribution in [-0.4, -0.2) is 0 Å². The number of hydrogen-bond acceptors (Lipinski definition) is 0. The second-order valence-corrected chi connectivity index (χ2v) is 3.33. The molecule has 0 heteroatoms. The summed E-state index contributed by atoms with van der Waals surface area (Å²) in [5.41, 5.74) is 1.38. The first-order valence-corrected chi connectivity index (χ1v) is 4.94. The van der Waals surface area contributed by atoms with Gasteiger partial charge in [-0.2, -0.15) is 0 Å². The second-order valence-electron chi connectivity index (χ2n) is 3.33. The van der Waals surface area contributed by atoms with Gasteiger partial charge in [0.15, 0.2) is 0 Å². The van der Waals surface area contributed by atoms with E-state index in [-0.39, 0.29) is 5.41 Å². The summed E-state index contributed by atoms with van der Waals surface area (Å²) in [6.45, 7) is 19.7. The van der Waals surface area contributed by atoms with Gasteiger partial charge < -0.3 is 0 Å².